The van der Waals surface area contributed by atoms with Crippen molar-refractivity contribution in [3.8, 4) is 5.75 Å². The number of rotatable bonds is 5. The van der Waals surface area contributed by atoms with E-state index in [2.05, 4.69) is 10.6 Å². The number of carbonyl (C=O) groups is 2. The monoisotopic (exact) mass is 356 g/mol. The molecule has 25 heavy (non-hydrogen) atoms. The number of amides is 2. The molecule has 0 saturated carbocycles. The number of para-hydroxylation sites is 3. The summed E-state index contributed by atoms with van der Waals surface area (Å²) < 4.78 is 5.22. The van der Waals surface area contributed by atoms with Crippen LogP contribution in [-0.2, 0) is 16.0 Å². The first-order chi connectivity index (χ1) is 12.2. The number of fused-ring (bicyclic) bond motifs is 1. The molecule has 1 atom stereocenters. The second kappa shape index (κ2) is 8.07. The SMILES string of the molecule is COc1ccccc1NC(=O)CS[C@@H]1CCc2ccccc2NC1=O. The van der Waals surface area contributed by atoms with Crippen molar-refractivity contribution in [2.75, 3.05) is 23.5 Å². The van der Waals surface area contributed by atoms with Crippen molar-refractivity contribution in [2.45, 2.75) is 18.1 Å². The predicted molar refractivity (Wildman–Crippen MR) is 101 cm³/mol. The minimum atomic E-state index is -0.240. The van der Waals surface area contributed by atoms with Crippen molar-refractivity contribution in [3.63, 3.8) is 0 Å². The number of methoxy groups -OCH3 is 1. The standard InChI is InChI=1S/C19H20N2O3S/c1-24-16-9-5-4-8-15(16)20-18(22)12-25-17-11-10-13-6-2-3-7-14(13)21-19(17)23/h2-9,17H,10-12H2,1H3,(H,20,22)(H,21,23)/t17-/m1/s1. The summed E-state index contributed by atoms with van der Waals surface area (Å²) >= 11 is 1.37. The molecule has 0 radical (unpaired) electrons. The molecule has 3 rings (SSSR count). The molecule has 1 aliphatic rings. The lowest BCUT2D eigenvalue weighted by atomic mass is 10.1. The highest BCUT2D eigenvalue weighted by Crippen LogP contribution is 2.28. The lowest BCUT2D eigenvalue weighted by molar-refractivity contribution is -0.115. The first kappa shape index (κ1) is 17.4. The topological polar surface area (TPSA) is 67.4 Å². The van der Waals surface area contributed by atoms with Crippen LogP contribution >= 0.6 is 11.8 Å². The second-order valence-corrected chi connectivity index (χ2v) is 6.92. The van der Waals surface area contributed by atoms with Crippen LogP contribution in [0.2, 0.25) is 0 Å². The molecule has 6 heteroatoms. The maximum absolute atomic E-state index is 12.4. The smallest absolute Gasteiger partial charge is 0.237 e. The van der Waals surface area contributed by atoms with Crippen LogP contribution in [0.3, 0.4) is 0 Å². The van der Waals surface area contributed by atoms with Crippen LogP contribution in [0.4, 0.5) is 11.4 Å². The van der Waals surface area contributed by atoms with Crippen molar-refractivity contribution in [2.24, 2.45) is 0 Å². The second-order valence-electron chi connectivity index (χ2n) is 5.73. The zero-order chi connectivity index (χ0) is 17.6. The van der Waals surface area contributed by atoms with Gasteiger partial charge in [-0.2, -0.15) is 0 Å². The van der Waals surface area contributed by atoms with E-state index in [1.165, 1.54) is 11.8 Å². The molecule has 2 aromatic carbocycles. The van der Waals surface area contributed by atoms with Gasteiger partial charge in [0.2, 0.25) is 11.8 Å². The Morgan fingerprint density at radius 3 is 2.84 bits per heavy atom. The molecule has 1 heterocycles. The van der Waals surface area contributed by atoms with Crippen LogP contribution in [0.25, 0.3) is 0 Å². The Morgan fingerprint density at radius 2 is 2.00 bits per heavy atom. The molecular formula is C19H20N2O3S. The highest BCUT2D eigenvalue weighted by atomic mass is 32.2. The molecule has 0 fully saturated rings. The summed E-state index contributed by atoms with van der Waals surface area (Å²) in [6, 6.07) is 15.1. The number of hydrogen-bond acceptors (Lipinski definition) is 4. The molecule has 0 aliphatic carbocycles. The van der Waals surface area contributed by atoms with Crippen molar-refractivity contribution < 1.29 is 14.3 Å². The van der Waals surface area contributed by atoms with Gasteiger partial charge in [-0.15, -0.1) is 11.8 Å². The van der Waals surface area contributed by atoms with E-state index in [0.29, 0.717) is 11.4 Å². The summed E-state index contributed by atoms with van der Waals surface area (Å²) in [5.74, 6) is 0.638. The van der Waals surface area contributed by atoms with Gasteiger partial charge in [-0.3, -0.25) is 9.59 Å². The van der Waals surface area contributed by atoms with E-state index in [1.54, 1.807) is 19.2 Å². The maximum Gasteiger partial charge on any atom is 0.237 e. The van der Waals surface area contributed by atoms with Gasteiger partial charge in [0.1, 0.15) is 5.75 Å². The van der Waals surface area contributed by atoms with Gasteiger partial charge in [-0.25, -0.2) is 0 Å². The number of nitrogens with one attached hydrogen (secondary N) is 2. The van der Waals surface area contributed by atoms with Gasteiger partial charge in [0, 0.05) is 5.69 Å². The Morgan fingerprint density at radius 1 is 1.24 bits per heavy atom. The van der Waals surface area contributed by atoms with Crippen LogP contribution < -0.4 is 15.4 Å². The number of hydrogen-bond donors (Lipinski definition) is 2. The van der Waals surface area contributed by atoms with Crippen molar-refractivity contribution in [3.05, 3.63) is 54.1 Å². The van der Waals surface area contributed by atoms with Gasteiger partial charge >= 0.3 is 0 Å². The Bertz CT molecular complexity index is 779. The van der Waals surface area contributed by atoms with E-state index in [4.69, 9.17) is 4.74 Å². The van der Waals surface area contributed by atoms with E-state index in [9.17, 15) is 9.59 Å². The van der Waals surface area contributed by atoms with Crippen LogP contribution in [0, 0.1) is 0 Å². The largest absolute Gasteiger partial charge is 0.495 e. The number of benzene rings is 2. The minimum Gasteiger partial charge on any atom is -0.495 e. The third-order valence-corrected chi connectivity index (χ3v) is 5.32. The molecular weight excluding hydrogens is 336 g/mol. The molecule has 0 bridgehead atoms. The fourth-order valence-electron chi connectivity index (χ4n) is 2.76. The summed E-state index contributed by atoms with van der Waals surface area (Å²) in [4.78, 5) is 24.6. The maximum atomic E-state index is 12.4. The van der Waals surface area contributed by atoms with Gasteiger partial charge in [0.25, 0.3) is 0 Å². The third kappa shape index (κ3) is 4.33. The Labute approximate surface area is 151 Å². The normalized spacial score (nSPS) is 16.4. The lowest BCUT2D eigenvalue weighted by Crippen LogP contribution is -2.26. The summed E-state index contributed by atoms with van der Waals surface area (Å²) in [6.07, 6.45) is 1.54. The molecule has 2 amide bonds. The highest BCUT2D eigenvalue weighted by molar-refractivity contribution is 8.01. The average molecular weight is 356 g/mol. The van der Waals surface area contributed by atoms with E-state index in [0.717, 1.165) is 24.1 Å². The summed E-state index contributed by atoms with van der Waals surface area (Å²) in [5.41, 5.74) is 2.64. The van der Waals surface area contributed by atoms with Crippen LogP contribution in [0.5, 0.6) is 5.75 Å². The quantitative estimate of drug-likeness (QED) is 0.862. The molecule has 0 unspecified atom stereocenters. The summed E-state index contributed by atoms with van der Waals surface area (Å²) in [6.45, 7) is 0. The number of anilines is 2. The highest BCUT2D eigenvalue weighted by Gasteiger charge is 2.24. The van der Waals surface area contributed by atoms with Crippen molar-refractivity contribution in [1.82, 2.24) is 0 Å². The summed E-state index contributed by atoms with van der Waals surface area (Å²) in [5, 5.41) is 5.54. The Hall–Kier alpha value is -2.47. The first-order valence-electron chi connectivity index (χ1n) is 8.10. The molecule has 0 spiro atoms. The van der Waals surface area contributed by atoms with Crippen LogP contribution in [0.15, 0.2) is 48.5 Å². The Kier molecular flexibility index (Phi) is 5.60. The lowest BCUT2D eigenvalue weighted by Gasteiger charge is -2.13. The number of ether oxygens (including phenoxy) is 1. The van der Waals surface area contributed by atoms with Gasteiger partial charge in [0.05, 0.1) is 23.8 Å². The Balaban J connectivity index is 1.56. The molecule has 2 aromatic rings. The van der Waals surface area contributed by atoms with Crippen molar-refractivity contribution in [1.29, 1.82) is 0 Å². The minimum absolute atomic E-state index is 0.0416. The van der Waals surface area contributed by atoms with Crippen molar-refractivity contribution >= 4 is 35.0 Å². The molecule has 0 aromatic heterocycles. The summed E-state index contributed by atoms with van der Waals surface area (Å²) in [7, 11) is 1.56. The predicted octanol–water partition coefficient (Wildman–Crippen LogP) is 3.32. The van der Waals surface area contributed by atoms with E-state index >= 15 is 0 Å². The molecule has 5 nitrogen and oxygen atoms in total. The third-order valence-electron chi connectivity index (χ3n) is 4.04. The fourth-order valence-corrected chi connectivity index (χ4v) is 3.68. The van der Waals surface area contributed by atoms with Crippen LogP contribution in [-0.4, -0.2) is 29.9 Å². The van der Waals surface area contributed by atoms with Gasteiger partial charge < -0.3 is 15.4 Å². The van der Waals surface area contributed by atoms with E-state index < -0.39 is 0 Å². The zero-order valence-corrected chi connectivity index (χ0v) is 14.8. The number of thioether (sulfide) groups is 1. The average Bonchev–Trinajstić information content (AvgIpc) is 2.78. The molecule has 0 saturated heterocycles. The first-order valence-corrected chi connectivity index (χ1v) is 9.15. The van der Waals surface area contributed by atoms with Gasteiger partial charge in [-0.05, 0) is 36.6 Å². The van der Waals surface area contributed by atoms with Crippen LogP contribution in [0.1, 0.15) is 12.0 Å². The van der Waals surface area contributed by atoms with Gasteiger partial charge in [0.15, 0.2) is 0 Å². The zero-order valence-electron chi connectivity index (χ0n) is 14.0. The molecule has 2 N–H and O–H groups in total. The number of aryl methyl sites for hydroxylation is 1. The molecule has 1 aliphatic heterocycles. The van der Waals surface area contributed by atoms with E-state index in [1.807, 2.05) is 36.4 Å². The van der Waals surface area contributed by atoms with Gasteiger partial charge in [-0.1, -0.05) is 30.3 Å². The van der Waals surface area contributed by atoms with E-state index in [-0.39, 0.29) is 22.8 Å². The molecule has 130 valence electrons. The number of carbonyl (C=O) groups excluding carboxylic acids is 2. The fraction of sp³-hybridized carbons (Fsp3) is 0.263.